The summed E-state index contributed by atoms with van der Waals surface area (Å²) in [5.41, 5.74) is -1.49. The van der Waals surface area contributed by atoms with Crippen molar-refractivity contribution in [2.24, 2.45) is 0 Å². The minimum Gasteiger partial charge on any atom is -0.479 e. The summed E-state index contributed by atoms with van der Waals surface area (Å²) in [5, 5.41) is 8.53. The molecule has 1 aromatic carbocycles. The number of benzene rings is 1. The SMILES string of the molecule is CC(F)(Cc1ccccc1)C(=O)O. The van der Waals surface area contributed by atoms with Crippen LogP contribution in [-0.4, -0.2) is 16.7 Å². The maximum absolute atomic E-state index is 13.3. The third kappa shape index (κ3) is 2.54. The molecule has 0 aliphatic heterocycles. The number of rotatable bonds is 3. The minimum atomic E-state index is -2.18. The molecule has 0 saturated carbocycles. The summed E-state index contributed by atoms with van der Waals surface area (Å²) >= 11 is 0. The van der Waals surface area contributed by atoms with Gasteiger partial charge in [0.2, 0.25) is 5.67 Å². The van der Waals surface area contributed by atoms with Crippen LogP contribution in [0.3, 0.4) is 0 Å². The Morgan fingerprint density at radius 1 is 1.46 bits per heavy atom. The van der Waals surface area contributed by atoms with E-state index in [0.717, 1.165) is 6.92 Å². The molecule has 0 fully saturated rings. The molecule has 2 nitrogen and oxygen atoms in total. The van der Waals surface area contributed by atoms with Gasteiger partial charge in [-0.05, 0) is 12.5 Å². The molecule has 1 rings (SSSR count). The van der Waals surface area contributed by atoms with Gasteiger partial charge >= 0.3 is 5.97 Å². The zero-order valence-corrected chi connectivity index (χ0v) is 7.33. The molecular formula is C10H11FO2. The van der Waals surface area contributed by atoms with Crippen molar-refractivity contribution < 1.29 is 14.3 Å². The fraction of sp³-hybridized carbons (Fsp3) is 0.300. The van der Waals surface area contributed by atoms with Gasteiger partial charge in [0.15, 0.2) is 0 Å². The van der Waals surface area contributed by atoms with Crippen molar-refractivity contribution in [2.45, 2.75) is 19.0 Å². The van der Waals surface area contributed by atoms with E-state index in [9.17, 15) is 9.18 Å². The average Bonchev–Trinajstić information content (AvgIpc) is 2.05. The minimum absolute atomic E-state index is 0.0941. The molecule has 1 unspecified atom stereocenters. The number of aliphatic carboxylic acids is 1. The van der Waals surface area contributed by atoms with Gasteiger partial charge in [0.05, 0.1) is 0 Å². The van der Waals surface area contributed by atoms with Crippen LogP contribution in [0.5, 0.6) is 0 Å². The monoisotopic (exact) mass is 182 g/mol. The molecule has 1 atom stereocenters. The Kier molecular flexibility index (Phi) is 2.66. The van der Waals surface area contributed by atoms with Crippen molar-refractivity contribution in [1.82, 2.24) is 0 Å². The van der Waals surface area contributed by atoms with Crippen molar-refractivity contribution in [1.29, 1.82) is 0 Å². The van der Waals surface area contributed by atoms with E-state index < -0.39 is 11.6 Å². The Hall–Kier alpha value is -1.38. The second-order valence-corrected chi connectivity index (χ2v) is 3.16. The number of hydrogen-bond acceptors (Lipinski definition) is 1. The van der Waals surface area contributed by atoms with Gasteiger partial charge in [0.25, 0.3) is 0 Å². The average molecular weight is 182 g/mol. The van der Waals surface area contributed by atoms with E-state index in [4.69, 9.17) is 5.11 Å². The molecular weight excluding hydrogens is 171 g/mol. The van der Waals surface area contributed by atoms with E-state index in [0.29, 0.717) is 5.56 Å². The lowest BCUT2D eigenvalue weighted by molar-refractivity contribution is -0.149. The maximum Gasteiger partial charge on any atom is 0.341 e. The highest BCUT2D eigenvalue weighted by molar-refractivity contribution is 5.77. The van der Waals surface area contributed by atoms with Gasteiger partial charge < -0.3 is 5.11 Å². The van der Waals surface area contributed by atoms with Crippen LogP contribution < -0.4 is 0 Å². The van der Waals surface area contributed by atoms with E-state index in [1.165, 1.54) is 0 Å². The Morgan fingerprint density at radius 2 is 2.00 bits per heavy atom. The Morgan fingerprint density at radius 3 is 2.46 bits per heavy atom. The van der Waals surface area contributed by atoms with E-state index in [-0.39, 0.29) is 6.42 Å². The standard InChI is InChI=1S/C10H11FO2/c1-10(11,9(12)13)7-8-5-3-2-4-6-8/h2-6H,7H2,1H3,(H,12,13). The van der Waals surface area contributed by atoms with Gasteiger partial charge in [-0.3, -0.25) is 0 Å². The summed E-state index contributed by atoms with van der Waals surface area (Å²) in [4.78, 5) is 10.5. The zero-order chi connectivity index (χ0) is 9.90. The third-order valence-corrected chi connectivity index (χ3v) is 1.82. The Labute approximate surface area is 76.0 Å². The summed E-state index contributed by atoms with van der Waals surface area (Å²) in [6.07, 6.45) is -0.0941. The maximum atomic E-state index is 13.3. The third-order valence-electron chi connectivity index (χ3n) is 1.82. The number of halogens is 1. The molecule has 0 bridgehead atoms. The Bertz CT molecular complexity index is 293. The summed E-state index contributed by atoms with van der Waals surface area (Å²) in [7, 11) is 0. The second-order valence-electron chi connectivity index (χ2n) is 3.16. The van der Waals surface area contributed by atoms with Crippen LogP contribution in [-0.2, 0) is 11.2 Å². The molecule has 0 amide bonds. The van der Waals surface area contributed by atoms with Crippen LogP contribution in [0.25, 0.3) is 0 Å². The lowest BCUT2D eigenvalue weighted by Gasteiger charge is -2.14. The normalized spacial score (nSPS) is 14.9. The predicted molar refractivity (Wildman–Crippen MR) is 47.3 cm³/mol. The zero-order valence-electron chi connectivity index (χ0n) is 7.33. The van der Waals surface area contributed by atoms with Gasteiger partial charge in [-0.2, -0.15) is 0 Å². The summed E-state index contributed by atoms with van der Waals surface area (Å²) in [6, 6.07) is 8.74. The van der Waals surface area contributed by atoms with Crippen LogP contribution in [0.15, 0.2) is 30.3 Å². The largest absolute Gasteiger partial charge is 0.479 e. The van der Waals surface area contributed by atoms with Crippen molar-refractivity contribution in [3.05, 3.63) is 35.9 Å². The molecule has 0 aliphatic rings. The number of carboxylic acid groups (broad SMARTS) is 1. The topological polar surface area (TPSA) is 37.3 Å². The smallest absolute Gasteiger partial charge is 0.341 e. The predicted octanol–water partition coefficient (Wildman–Crippen LogP) is 2.04. The molecule has 1 N–H and O–H groups in total. The van der Waals surface area contributed by atoms with Gasteiger partial charge in [-0.25, -0.2) is 9.18 Å². The van der Waals surface area contributed by atoms with Crippen molar-refractivity contribution in [2.75, 3.05) is 0 Å². The van der Waals surface area contributed by atoms with E-state index in [1.54, 1.807) is 30.3 Å². The first kappa shape index (κ1) is 9.71. The van der Waals surface area contributed by atoms with Crippen LogP contribution in [0, 0.1) is 0 Å². The van der Waals surface area contributed by atoms with E-state index in [1.807, 2.05) is 0 Å². The van der Waals surface area contributed by atoms with Crippen molar-refractivity contribution in [3.8, 4) is 0 Å². The molecule has 0 aromatic heterocycles. The Balaban J connectivity index is 2.75. The molecule has 13 heavy (non-hydrogen) atoms. The highest BCUT2D eigenvalue weighted by Gasteiger charge is 2.32. The molecule has 1 aromatic rings. The van der Waals surface area contributed by atoms with Crippen LogP contribution in [0.4, 0.5) is 4.39 Å². The quantitative estimate of drug-likeness (QED) is 0.776. The van der Waals surface area contributed by atoms with Gasteiger partial charge in [-0.15, -0.1) is 0 Å². The molecule has 0 spiro atoms. The molecule has 0 aliphatic carbocycles. The van der Waals surface area contributed by atoms with Crippen LogP contribution in [0.1, 0.15) is 12.5 Å². The summed E-state index contributed by atoms with van der Waals surface area (Å²) < 4.78 is 13.3. The van der Waals surface area contributed by atoms with Gasteiger partial charge in [0.1, 0.15) is 0 Å². The first-order valence-electron chi connectivity index (χ1n) is 3.98. The molecule has 0 saturated heterocycles. The van der Waals surface area contributed by atoms with Crippen LogP contribution in [0.2, 0.25) is 0 Å². The fourth-order valence-corrected chi connectivity index (χ4v) is 1.05. The first-order chi connectivity index (χ1) is 6.02. The van der Waals surface area contributed by atoms with Gasteiger partial charge in [0, 0.05) is 6.42 Å². The fourth-order valence-electron chi connectivity index (χ4n) is 1.05. The highest BCUT2D eigenvalue weighted by atomic mass is 19.1. The van der Waals surface area contributed by atoms with Crippen LogP contribution >= 0.6 is 0 Å². The number of carbonyl (C=O) groups is 1. The highest BCUT2D eigenvalue weighted by Crippen LogP contribution is 2.17. The van der Waals surface area contributed by atoms with E-state index >= 15 is 0 Å². The molecule has 70 valence electrons. The lowest BCUT2D eigenvalue weighted by atomic mass is 9.99. The molecule has 0 radical (unpaired) electrons. The van der Waals surface area contributed by atoms with Crippen molar-refractivity contribution >= 4 is 5.97 Å². The lowest BCUT2D eigenvalue weighted by Crippen LogP contribution is -2.32. The number of carboxylic acids is 1. The summed E-state index contributed by atoms with van der Waals surface area (Å²) in [5.74, 6) is -1.42. The van der Waals surface area contributed by atoms with Gasteiger partial charge in [-0.1, -0.05) is 30.3 Å². The molecule has 3 heteroatoms. The number of hydrogen-bond donors (Lipinski definition) is 1. The number of alkyl halides is 1. The summed E-state index contributed by atoms with van der Waals surface area (Å²) in [6.45, 7) is 1.07. The molecule has 0 heterocycles. The van der Waals surface area contributed by atoms with E-state index in [2.05, 4.69) is 0 Å². The second kappa shape index (κ2) is 3.56. The first-order valence-corrected chi connectivity index (χ1v) is 3.98. The van der Waals surface area contributed by atoms with Crippen molar-refractivity contribution in [3.63, 3.8) is 0 Å².